The summed E-state index contributed by atoms with van der Waals surface area (Å²) < 4.78 is 0. The molecular weight excluding hydrogens is 240 g/mol. The van der Waals surface area contributed by atoms with Crippen molar-refractivity contribution in [3.8, 4) is 0 Å². The summed E-state index contributed by atoms with van der Waals surface area (Å²) in [6, 6.07) is 8.90. The number of aromatic nitrogens is 1. The highest BCUT2D eigenvalue weighted by Gasteiger charge is 2.02. The molecule has 1 heterocycles. The monoisotopic (exact) mass is 256 g/mol. The SMILES string of the molecule is Cc1cnccc1CNCc1ccc(C(=O)O)cc1. The molecule has 0 aliphatic rings. The van der Waals surface area contributed by atoms with E-state index >= 15 is 0 Å². The van der Waals surface area contributed by atoms with Crippen LogP contribution in [0.3, 0.4) is 0 Å². The van der Waals surface area contributed by atoms with Crippen molar-refractivity contribution in [1.82, 2.24) is 10.3 Å². The average Bonchev–Trinajstić information content (AvgIpc) is 2.41. The third kappa shape index (κ3) is 3.63. The number of nitrogens with zero attached hydrogens (tertiary/aromatic N) is 1. The van der Waals surface area contributed by atoms with Gasteiger partial charge >= 0.3 is 5.97 Å². The molecule has 1 aromatic heterocycles. The summed E-state index contributed by atoms with van der Waals surface area (Å²) in [5.74, 6) is -0.896. The number of rotatable bonds is 5. The molecule has 0 saturated carbocycles. The van der Waals surface area contributed by atoms with Gasteiger partial charge in [0.25, 0.3) is 0 Å². The van der Waals surface area contributed by atoms with E-state index in [4.69, 9.17) is 5.11 Å². The summed E-state index contributed by atoms with van der Waals surface area (Å²) in [6.45, 7) is 3.52. The minimum absolute atomic E-state index is 0.314. The Morgan fingerprint density at radius 2 is 1.95 bits per heavy atom. The highest BCUT2D eigenvalue weighted by molar-refractivity contribution is 5.87. The van der Waals surface area contributed by atoms with Crippen LogP contribution in [-0.4, -0.2) is 16.1 Å². The van der Waals surface area contributed by atoms with Crippen LogP contribution in [0.1, 0.15) is 27.0 Å². The molecule has 0 radical (unpaired) electrons. The molecule has 2 N–H and O–H groups in total. The van der Waals surface area contributed by atoms with E-state index in [1.807, 2.05) is 31.3 Å². The standard InChI is InChI=1S/C15H16N2O2/c1-11-8-16-7-6-14(11)10-17-9-12-2-4-13(5-3-12)15(18)19/h2-8,17H,9-10H2,1H3,(H,18,19). The van der Waals surface area contributed by atoms with Gasteiger partial charge in [0.15, 0.2) is 0 Å². The van der Waals surface area contributed by atoms with Crippen LogP contribution in [0.15, 0.2) is 42.7 Å². The molecule has 0 aliphatic heterocycles. The van der Waals surface area contributed by atoms with Crippen LogP contribution in [0.4, 0.5) is 0 Å². The Hall–Kier alpha value is -2.20. The van der Waals surface area contributed by atoms with Gasteiger partial charge in [0.1, 0.15) is 0 Å². The molecule has 4 heteroatoms. The lowest BCUT2D eigenvalue weighted by Crippen LogP contribution is -2.13. The van der Waals surface area contributed by atoms with Gasteiger partial charge in [0.05, 0.1) is 5.56 Å². The van der Waals surface area contributed by atoms with Crippen molar-refractivity contribution in [2.24, 2.45) is 0 Å². The first-order chi connectivity index (χ1) is 9.16. The maximum absolute atomic E-state index is 10.7. The second kappa shape index (κ2) is 6.11. The summed E-state index contributed by atoms with van der Waals surface area (Å²) in [5.41, 5.74) is 3.76. The predicted molar refractivity (Wildman–Crippen MR) is 72.9 cm³/mol. The van der Waals surface area contributed by atoms with Gasteiger partial charge in [-0.15, -0.1) is 0 Å². The van der Waals surface area contributed by atoms with Gasteiger partial charge in [-0.05, 0) is 41.8 Å². The zero-order valence-electron chi connectivity index (χ0n) is 10.8. The number of aryl methyl sites for hydroxylation is 1. The smallest absolute Gasteiger partial charge is 0.335 e. The van der Waals surface area contributed by atoms with E-state index in [9.17, 15) is 4.79 Å². The molecular formula is C15H16N2O2. The second-order valence-corrected chi connectivity index (χ2v) is 4.41. The molecule has 19 heavy (non-hydrogen) atoms. The lowest BCUT2D eigenvalue weighted by molar-refractivity contribution is 0.0697. The molecule has 2 rings (SSSR count). The van der Waals surface area contributed by atoms with Crippen molar-refractivity contribution in [2.75, 3.05) is 0 Å². The molecule has 0 amide bonds. The topological polar surface area (TPSA) is 62.2 Å². The summed E-state index contributed by atoms with van der Waals surface area (Å²) in [6.07, 6.45) is 3.63. The van der Waals surface area contributed by atoms with Crippen LogP contribution in [0, 0.1) is 6.92 Å². The maximum atomic E-state index is 10.7. The van der Waals surface area contributed by atoms with Gasteiger partial charge in [-0.3, -0.25) is 4.98 Å². The summed E-state index contributed by atoms with van der Waals surface area (Å²) in [7, 11) is 0. The van der Waals surface area contributed by atoms with Crippen molar-refractivity contribution in [3.05, 3.63) is 65.0 Å². The second-order valence-electron chi connectivity index (χ2n) is 4.41. The van der Waals surface area contributed by atoms with E-state index in [0.29, 0.717) is 12.1 Å². The molecule has 0 spiro atoms. The Morgan fingerprint density at radius 3 is 2.58 bits per heavy atom. The number of pyridine rings is 1. The number of hydrogen-bond acceptors (Lipinski definition) is 3. The van der Waals surface area contributed by atoms with Gasteiger partial charge in [0, 0.05) is 25.5 Å². The van der Waals surface area contributed by atoms with Gasteiger partial charge in [-0.2, -0.15) is 0 Å². The van der Waals surface area contributed by atoms with Crippen LogP contribution < -0.4 is 5.32 Å². The zero-order valence-corrected chi connectivity index (χ0v) is 10.8. The Morgan fingerprint density at radius 1 is 1.21 bits per heavy atom. The van der Waals surface area contributed by atoms with Crippen molar-refractivity contribution in [3.63, 3.8) is 0 Å². The first kappa shape index (κ1) is 13.2. The number of hydrogen-bond donors (Lipinski definition) is 2. The molecule has 0 aliphatic carbocycles. The highest BCUT2D eigenvalue weighted by Crippen LogP contribution is 2.07. The van der Waals surface area contributed by atoms with Crippen molar-refractivity contribution in [2.45, 2.75) is 20.0 Å². The number of carbonyl (C=O) groups is 1. The average molecular weight is 256 g/mol. The summed E-state index contributed by atoms with van der Waals surface area (Å²) >= 11 is 0. The number of carboxylic acid groups (broad SMARTS) is 1. The lowest BCUT2D eigenvalue weighted by Gasteiger charge is -2.07. The van der Waals surface area contributed by atoms with E-state index in [1.165, 1.54) is 5.56 Å². The molecule has 1 aromatic carbocycles. The molecule has 0 atom stereocenters. The molecule has 4 nitrogen and oxygen atoms in total. The van der Waals surface area contributed by atoms with Crippen molar-refractivity contribution in [1.29, 1.82) is 0 Å². The molecule has 0 fully saturated rings. The quantitative estimate of drug-likeness (QED) is 0.862. The Bertz CT molecular complexity index is 565. The van der Waals surface area contributed by atoms with E-state index in [-0.39, 0.29) is 0 Å². The Balaban J connectivity index is 1.89. The van der Waals surface area contributed by atoms with Gasteiger partial charge in [-0.1, -0.05) is 12.1 Å². The fraction of sp³-hybridized carbons (Fsp3) is 0.200. The van der Waals surface area contributed by atoms with Gasteiger partial charge < -0.3 is 10.4 Å². The van der Waals surface area contributed by atoms with Gasteiger partial charge in [-0.25, -0.2) is 4.79 Å². The maximum Gasteiger partial charge on any atom is 0.335 e. The number of aromatic carboxylic acids is 1. The summed E-state index contributed by atoms with van der Waals surface area (Å²) in [4.78, 5) is 14.8. The van der Waals surface area contributed by atoms with Crippen LogP contribution in [-0.2, 0) is 13.1 Å². The van der Waals surface area contributed by atoms with E-state index in [0.717, 1.165) is 17.7 Å². The molecule has 0 bridgehead atoms. The largest absolute Gasteiger partial charge is 0.478 e. The van der Waals surface area contributed by atoms with Crippen LogP contribution in [0.2, 0.25) is 0 Å². The van der Waals surface area contributed by atoms with Crippen molar-refractivity contribution < 1.29 is 9.90 Å². The van der Waals surface area contributed by atoms with E-state index in [2.05, 4.69) is 10.3 Å². The predicted octanol–water partition coefficient (Wildman–Crippen LogP) is 2.38. The van der Waals surface area contributed by atoms with Crippen LogP contribution >= 0.6 is 0 Å². The first-order valence-electron chi connectivity index (χ1n) is 6.09. The Kier molecular flexibility index (Phi) is 4.26. The molecule has 2 aromatic rings. The Labute approximate surface area is 112 Å². The van der Waals surface area contributed by atoms with Crippen LogP contribution in [0.25, 0.3) is 0 Å². The number of benzene rings is 1. The van der Waals surface area contributed by atoms with Gasteiger partial charge in [0.2, 0.25) is 0 Å². The first-order valence-corrected chi connectivity index (χ1v) is 6.09. The van der Waals surface area contributed by atoms with Crippen LogP contribution in [0.5, 0.6) is 0 Å². The highest BCUT2D eigenvalue weighted by atomic mass is 16.4. The third-order valence-corrected chi connectivity index (χ3v) is 2.98. The zero-order chi connectivity index (χ0) is 13.7. The fourth-order valence-corrected chi connectivity index (χ4v) is 1.81. The lowest BCUT2D eigenvalue weighted by atomic mass is 10.1. The molecule has 98 valence electrons. The molecule has 0 saturated heterocycles. The minimum Gasteiger partial charge on any atom is -0.478 e. The number of nitrogens with one attached hydrogen (secondary N) is 1. The summed E-state index contributed by atoms with van der Waals surface area (Å²) in [5, 5.41) is 12.1. The fourth-order valence-electron chi connectivity index (χ4n) is 1.81. The minimum atomic E-state index is -0.896. The van der Waals surface area contributed by atoms with E-state index in [1.54, 1.807) is 18.3 Å². The third-order valence-electron chi connectivity index (χ3n) is 2.98. The van der Waals surface area contributed by atoms with E-state index < -0.39 is 5.97 Å². The number of carboxylic acids is 1. The normalized spacial score (nSPS) is 10.4. The molecule has 0 unspecified atom stereocenters. The van der Waals surface area contributed by atoms with Crippen molar-refractivity contribution >= 4 is 5.97 Å².